The largest absolute Gasteiger partial charge is 0.388 e. The van der Waals surface area contributed by atoms with Gasteiger partial charge in [-0.1, -0.05) is 12.1 Å². The lowest BCUT2D eigenvalue weighted by Crippen LogP contribution is -1.97. The van der Waals surface area contributed by atoms with Crippen LogP contribution in [0.15, 0.2) is 48.5 Å². The van der Waals surface area contributed by atoms with Crippen LogP contribution in [0.5, 0.6) is 0 Å². The fourth-order valence-electron chi connectivity index (χ4n) is 2.40. The fourth-order valence-corrected chi connectivity index (χ4v) is 2.40. The first-order chi connectivity index (χ1) is 9.33. The van der Waals surface area contributed by atoms with Gasteiger partial charge in [-0.05, 0) is 43.3 Å². The molecule has 0 saturated carbocycles. The summed E-state index contributed by atoms with van der Waals surface area (Å²) >= 11 is 0. The van der Waals surface area contributed by atoms with Crippen LogP contribution in [-0.2, 0) is 6.54 Å². The summed E-state index contributed by atoms with van der Waals surface area (Å²) in [4.78, 5) is 4.75. The van der Waals surface area contributed by atoms with E-state index in [1.54, 1.807) is 0 Å². The molecule has 0 amide bonds. The summed E-state index contributed by atoms with van der Waals surface area (Å²) in [5.74, 6) is 1.03. The first-order valence-corrected chi connectivity index (χ1v) is 6.57. The minimum atomic E-state index is 0.920. The Hall–Kier alpha value is -2.29. The van der Waals surface area contributed by atoms with Gasteiger partial charge in [-0.25, -0.2) is 4.98 Å². The zero-order valence-electron chi connectivity index (χ0n) is 11.2. The Morgan fingerprint density at radius 3 is 2.47 bits per heavy atom. The quantitative estimate of drug-likeness (QED) is 0.768. The maximum absolute atomic E-state index is 4.75. The van der Waals surface area contributed by atoms with Crippen molar-refractivity contribution < 1.29 is 0 Å². The van der Waals surface area contributed by atoms with Crippen LogP contribution in [0.3, 0.4) is 0 Å². The lowest BCUT2D eigenvalue weighted by molar-refractivity contribution is 0.796. The first-order valence-electron chi connectivity index (χ1n) is 6.57. The molecule has 1 heterocycles. The van der Waals surface area contributed by atoms with Crippen molar-refractivity contribution in [3.63, 3.8) is 0 Å². The molecule has 0 fully saturated rings. The van der Waals surface area contributed by atoms with E-state index in [1.165, 1.54) is 5.52 Å². The van der Waals surface area contributed by atoms with E-state index in [0.717, 1.165) is 29.1 Å². The lowest BCUT2D eigenvalue weighted by atomic mass is 10.2. The van der Waals surface area contributed by atoms with E-state index in [1.807, 2.05) is 13.1 Å². The molecule has 0 aliphatic heterocycles. The lowest BCUT2D eigenvalue weighted by Gasteiger charge is -2.07. The van der Waals surface area contributed by atoms with Gasteiger partial charge in [0, 0.05) is 24.8 Å². The van der Waals surface area contributed by atoms with Gasteiger partial charge in [-0.15, -0.1) is 0 Å². The van der Waals surface area contributed by atoms with Crippen molar-refractivity contribution in [1.82, 2.24) is 9.55 Å². The van der Waals surface area contributed by atoms with Gasteiger partial charge in [0.1, 0.15) is 5.82 Å². The van der Waals surface area contributed by atoms with Gasteiger partial charge in [0.2, 0.25) is 0 Å². The van der Waals surface area contributed by atoms with Crippen molar-refractivity contribution >= 4 is 16.7 Å². The fraction of sp³-hybridized carbons (Fsp3) is 0.188. The Morgan fingerprint density at radius 1 is 1.05 bits per heavy atom. The summed E-state index contributed by atoms with van der Waals surface area (Å²) in [5.41, 5.74) is 4.51. The third-order valence-electron chi connectivity index (χ3n) is 3.40. The molecule has 0 radical (unpaired) electrons. The molecule has 96 valence electrons. The van der Waals surface area contributed by atoms with E-state index in [2.05, 4.69) is 59.3 Å². The number of para-hydroxylation sites is 2. The van der Waals surface area contributed by atoms with Gasteiger partial charge in [0.05, 0.1) is 11.0 Å². The van der Waals surface area contributed by atoms with Crippen LogP contribution in [-0.4, -0.2) is 16.6 Å². The molecule has 3 aromatic rings. The highest BCUT2D eigenvalue weighted by atomic mass is 15.1. The summed E-state index contributed by atoms with van der Waals surface area (Å²) in [5, 5.41) is 3.13. The minimum Gasteiger partial charge on any atom is -0.388 e. The second-order valence-corrected chi connectivity index (χ2v) is 4.50. The summed E-state index contributed by atoms with van der Waals surface area (Å²) in [7, 11) is 1.93. The number of aryl methyl sites for hydroxylation is 1. The topological polar surface area (TPSA) is 29.9 Å². The molecule has 3 heteroatoms. The van der Waals surface area contributed by atoms with Crippen molar-refractivity contribution in [3.8, 4) is 11.4 Å². The van der Waals surface area contributed by atoms with Gasteiger partial charge < -0.3 is 9.88 Å². The summed E-state index contributed by atoms with van der Waals surface area (Å²) < 4.78 is 2.25. The average Bonchev–Trinajstić information content (AvgIpc) is 2.85. The van der Waals surface area contributed by atoms with Gasteiger partial charge >= 0.3 is 0 Å². The molecule has 0 saturated heterocycles. The second kappa shape index (κ2) is 4.76. The highest BCUT2D eigenvalue weighted by molar-refractivity contribution is 5.80. The first kappa shape index (κ1) is 11.8. The molecule has 1 N–H and O–H groups in total. The number of rotatable bonds is 3. The Morgan fingerprint density at radius 2 is 1.79 bits per heavy atom. The van der Waals surface area contributed by atoms with Crippen LogP contribution in [0.2, 0.25) is 0 Å². The number of benzene rings is 2. The van der Waals surface area contributed by atoms with Crippen molar-refractivity contribution in [2.45, 2.75) is 13.5 Å². The van der Waals surface area contributed by atoms with Gasteiger partial charge in [-0.3, -0.25) is 0 Å². The standard InChI is InChI=1S/C16H17N3/c1-3-19-15-7-5-4-6-14(15)18-16(19)12-8-10-13(17-2)11-9-12/h4-11,17H,3H2,1-2H3. The van der Waals surface area contributed by atoms with Gasteiger partial charge in [0.15, 0.2) is 0 Å². The maximum Gasteiger partial charge on any atom is 0.141 e. The monoisotopic (exact) mass is 251 g/mol. The number of fused-ring (bicyclic) bond motifs is 1. The minimum absolute atomic E-state index is 0.920. The van der Waals surface area contributed by atoms with Crippen molar-refractivity contribution in [1.29, 1.82) is 0 Å². The molecule has 0 aliphatic rings. The Bertz CT molecular complexity index is 696. The third kappa shape index (κ3) is 1.97. The predicted molar refractivity (Wildman–Crippen MR) is 80.4 cm³/mol. The normalized spacial score (nSPS) is 10.8. The maximum atomic E-state index is 4.75. The number of hydrogen-bond acceptors (Lipinski definition) is 2. The molecule has 0 bridgehead atoms. The summed E-state index contributed by atoms with van der Waals surface area (Å²) in [6, 6.07) is 16.7. The average molecular weight is 251 g/mol. The van der Waals surface area contributed by atoms with Gasteiger partial charge in [-0.2, -0.15) is 0 Å². The molecular formula is C16H17N3. The summed E-state index contributed by atoms with van der Waals surface area (Å²) in [6.07, 6.45) is 0. The van der Waals surface area contributed by atoms with Crippen LogP contribution in [0.4, 0.5) is 5.69 Å². The predicted octanol–water partition coefficient (Wildman–Crippen LogP) is 3.76. The Labute approximate surface area is 112 Å². The molecule has 0 aliphatic carbocycles. The van der Waals surface area contributed by atoms with E-state index >= 15 is 0 Å². The van der Waals surface area contributed by atoms with E-state index in [4.69, 9.17) is 4.98 Å². The highest BCUT2D eigenvalue weighted by Gasteiger charge is 2.10. The van der Waals surface area contributed by atoms with E-state index in [0.29, 0.717) is 0 Å². The number of anilines is 1. The Kier molecular flexibility index (Phi) is 2.95. The van der Waals surface area contributed by atoms with Crippen LogP contribution in [0, 0.1) is 0 Å². The molecule has 2 aromatic carbocycles. The van der Waals surface area contributed by atoms with Crippen LogP contribution >= 0.6 is 0 Å². The highest BCUT2D eigenvalue weighted by Crippen LogP contribution is 2.25. The molecule has 3 nitrogen and oxygen atoms in total. The number of aromatic nitrogens is 2. The number of hydrogen-bond donors (Lipinski definition) is 1. The zero-order chi connectivity index (χ0) is 13.2. The number of nitrogens with one attached hydrogen (secondary N) is 1. The SMILES string of the molecule is CCn1c(-c2ccc(NC)cc2)nc2ccccc21. The molecule has 0 unspecified atom stereocenters. The van der Waals surface area contributed by atoms with Crippen molar-refractivity contribution in [2.75, 3.05) is 12.4 Å². The Balaban J connectivity index is 2.17. The molecular weight excluding hydrogens is 234 g/mol. The molecule has 1 aromatic heterocycles. The van der Waals surface area contributed by atoms with Crippen LogP contribution in [0.25, 0.3) is 22.4 Å². The zero-order valence-corrected chi connectivity index (χ0v) is 11.2. The van der Waals surface area contributed by atoms with E-state index in [9.17, 15) is 0 Å². The van der Waals surface area contributed by atoms with Crippen molar-refractivity contribution in [3.05, 3.63) is 48.5 Å². The number of nitrogens with zero attached hydrogens (tertiary/aromatic N) is 2. The van der Waals surface area contributed by atoms with Crippen LogP contribution < -0.4 is 5.32 Å². The summed E-state index contributed by atoms with van der Waals surface area (Å²) in [6.45, 7) is 3.07. The van der Waals surface area contributed by atoms with Crippen molar-refractivity contribution in [2.24, 2.45) is 0 Å². The second-order valence-electron chi connectivity index (χ2n) is 4.50. The van der Waals surface area contributed by atoms with Crippen LogP contribution in [0.1, 0.15) is 6.92 Å². The molecule has 0 spiro atoms. The smallest absolute Gasteiger partial charge is 0.141 e. The van der Waals surface area contributed by atoms with E-state index in [-0.39, 0.29) is 0 Å². The molecule has 3 rings (SSSR count). The van der Waals surface area contributed by atoms with E-state index < -0.39 is 0 Å². The molecule has 0 atom stereocenters. The third-order valence-corrected chi connectivity index (χ3v) is 3.40. The number of imidazole rings is 1. The van der Waals surface area contributed by atoms with Gasteiger partial charge in [0.25, 0.3) is 0 Å². The molecule has 19 heavy (non-hydrogen) atoms.